The molecule has 0 unspecified atom stereocenters. The molecule has 1 amide bonds. The molecule has 0 atom stereocenters. The average Bonchev–Trinajstić information content (AvgIpc) is 3.26. The Morgan fingerprint density at radius 2 is 2.07 bits per heavy atom. The number of benzene rings is 2. The third kappa shape index (κ3) is 3.98. The van der Waals surface area contributed by atoms with Gasteiger partial charge in [-0.2, -0.15) is 10.1 Å². The molecule has 0 fully saturated rings. The molecular formula is C20H16N6O3S. The summed E-state index contributed by atoms with van der Waals surface area (Å²) in [6.07, 6.45) is 1.31. The average molecular weight is 420 g/mol. The second kappa shape index (κ2) is 8.29. The van der Waals surface area contributed by atoms with Gasteiger partial charge in [-0.25, -0.2) is 10.1 Å². The van der Waals surface area contributed by atoms with Crippen LogP contribution in [0, 0.1) is 17.0 Å². The van der Waals surface area contributed by atoms with E-state index in [1.165, 1.54) is 30.2 Å². The van der Waals surface area contributed by atoms with Gasteiger partial charge in [0.05, 0.1) is 21.9 Å². The number of aryl methyl sites for hydroxylation is 1. The first-order valence-electron chi connectivity index (χ1n) is 8.95. The predicted molar refractivity (Wildman–Crippen MR) is 114 cm³/mol. The van der Waals surface area contributed by atoms with Gasteiger partial charge in [-0.3, -0.25) is 20.2 Å². The minimum absolute atomic E-state index is 0.0147. The molecule has 2 aromatic carbocycles. The van der Waals surface area contributed by atoms with Crippen molar-refractivity contribution < 1.29 is 9.72 Å². The van der Waals surface area contributed by atoms with Crippen LogP contribution in [0.3, 0.4) is 0 Å². The number of amides is 1. The van der Waals surface area contributed by atoms with E-state index in [9.17, 15) is 14.9 Å². The number of para-hydroxylation sites is 1. The summed E-state index contributed by atoms with van der Waals surface area (Å²) in [7, 11) is 0. The largest absolute Gasteiger partial charge is 0.294 e. The number of hydrogen-bond acceptors (Lipinski definition) is 7. The van der Waals surface area contributed by atoms with Crippen LogP contribution in [0.25, 0.3) is 22.2 Å². The highest BCUT2D eigenvalue weighted by molar-refractivity contribution is 8.00. The number of nitro groups is 1. The van der Waals surface area contributed by atoms with Gasteiger partial charge in [0.2, 0.25) is 11.9 Å². The SMILES string of the molecule is Cc1c(SCC(=O)Nc2ncn[nH]2)c(-c2cccc([N+](=O)[O-])c2)nc2ccccc12. The number of anilines is 1. The van der Waals surface area contributed by atoms with E-state index in [2.05, 4.69) is 20.5 Å². The first-order chi connectivity index (χ1) is 14.5. The monoisotopic (exact) mass is 420 g/mol. The molecule has 0 bridgehead atoms. The van der Waals surface area contributed by atoms with Gasteiger partial charge >= 0.3 is 0 Å². The maximum Gasteiger partial charge on any atom is 0.270 e. The predicted octanol–water partition coefficient (Wildman–Crippen LogP) is 3.97. The van der Waals surface area contributed by atoms with E-state index in [4.69, 9.17) is 4.98 Å². The Morgan fingerprint density at radius 3 is 2.83 bits per heavy atom. The Labute approximate surface area is 175 Å². The molecule has 4 aromatic rings. The molecule has 0 saturated heterocycles. The van der Waals surface area contributed by atoms with E-state index < -0.39 is 4.92 Å². The number of pyridine rings is 1. The zero-order valence-corrected chi connectivity index (χ0v) is 16.6. The van der Waals surface area contributed by atoms with Crippen molar-refractivity contribution in [3.8, 4) is 11.3 Å². The second-order valence-corrected chi connectivity index (χ2v) is 7.40. The molecule has 2 heterocycles. The molecule has 10 heteroatoms. The van der Waals surface area contributed by atoms with Gasteiger partial charge in [-0.05, 0) is 18.6 Å². The number of rotatable bonds is 6. The van der Waals surface area contributed by atoms with Crippen molar-refractivity contribution in [2.24, 2.45) is 0 Å². The van der Waals surface area contributed by atoms with E-state index in [1.54, 1.807) is 12.1 Å². The molecule has 4 rings (SSSR count). The number of fused-ring (bicyclic) bond motifs is 1. The van der Waals surface area contributed by atoms with Gasteiger partial charge < -0.3 is 0 Å². The lowest BCUT2D eigenvalue weighted by molar-refractivity contribution is -0.384. The van der Waals surface area contributed by atoms with Gasteiger partial charge in [0.25, 0.3) is 5.69 Å². The molecule has 9 nitrogen and oxygen atoms in total. The molecule has 0 spiro atoms. The summed E-state index contributed by atoms with van der Waals surface area (Å²) < 4.78 is 0. The number of thioether (sulfide) groups is 1. The van der Waals surface area contributed by atoms with Crippen molar-refractivity contribution in [2.75, 3.05) is 11.1 Å². The highest BCUT2D eigenvalue weighted by Gasteiger charge is 2.18. The number of carbonyl (C=O) groups is 1. The maximum absolute atomic E-state index is 12.3. The van der Waals surface area contributed by atoms with E-state index >= 15 is 0 Å². The Kier molecular flexibility index (Phi) is 5.40. The number of H-pyrrole nitrogens is 1. The van der Waals surface area contributed by atoms with Crippen LogP contribution >= 0.6 is 11.8 Å². The van der Waals surface area contributed by atoms with Crippen LogP contribution in [-0.2, 0) is 4.79 Å². The topological polar surface area (TPSA) is 127 Å². The first kappa shape index (κ1) is 19.5. The fraction of sp³-hybridized carbons (Fsp3) is 0.100. The Hall–Kier alpha value is -3.79. The standard InChI is InChI=1S/C20H16N6O3S/c1-12-15-7-2-3-8-16(15)23-18(13-5-4-6-14(9-13)26(28)29)19(12)30-10-17(27)24-20-21-11-22-25-20/h2-9,11H,10H2,1H3,(H2,21,22,24,25,27). The summed E-state index contributed by atoms with van der Waals surface area (Å²) in [5.74, 6) is 0.130. The van der Waals surface area contributed by atoms with Crippen LogP contribution in [0.5, 0.6) is 0 Å². The lowest BCUT2D eigenvalue weighted by Gasteiger charge is -2.14. The number of nitro benzene ring substituents is 1. The van der Waals surface area contributed by atoms with Crippen molar-refractivity contribution in [3.05, 3.63) is 70.5 Å². The number of hydrogen-bond donors (Lipinski definition) is 2. The maximum atomic E-state index is 12.3. The molecule has 0 aliphatic heterocycles. The Morgan fingerprint density at radius 1 is 1.23 bits per heavy atom. The van der Waals surface area contributed by atoms with Gasteiger partial charge in [-0.15, -0.1) is 11.8 Å². The summed E-state index contributed by atoms with van der Waals surface area (Å²) in [4.78, 5) is 32.5. The summed E-state index contributed by atoms with van der Waals surface area (Å²) >= 11 is 1.32. The first-order valence-corrected chi connectivity index (χ1v) is 9.93. The molecule has 2 aromatic heterocycles. The normalized spacial score (nSPS) is 10.8. The smallest absolute Gasteiger partial charge is 0.270 e. The van der Waals surface area contributed by atoms with E-state index in [-0.39, 0.29) is 23.3 Å². The fourth-order valence-electron chi connectivity index (χ4n) is 3.07. The van der Waals surface area contributed by atoms with Crippen molar-refractivity contribution in [3.63, 3.8) is 0 Å². The molecule has 0 saturated carbocycles. The Balaban J connectivity index is 1.74. The van der Waals surface area contributed by atoms with Gasteiger partial charge in [0, 0.05) is 28.0 Å². The van der Waals surface area contributed by atoms with E-state index in [1.807, 2.05) is 31.2 Å². The third-order valence-corrected chi connectivity index (χ3v) is 5.64. The third-order valence-electron chi connectivity index (χ3n) is 4.45. The van der Waals surface area contributed by atoms with E-state index in [0.717, 1.165) is 21.4 Å². The number of non-ortho nitro benzene ring substituents is 1. The van der Waals surface area contributed by atoms with Crippen molar-refractivity contribution in [2.45, 2.75) is 11.8 Å². The molecule has 0 aliphatic carbocycles. The molecular weight excluding hydrogens is 404 g/mol. The zero-order chi connectivity index (χ0) is 21.1. The van der Waals surface area contributed by atoms with Crippen LogP contribution in [-0.4, -0.2) is 36.7 Å². The van der Waals surface area contributed by atoms with Crippen LogP contribution in [0.15, 0.2) is 59.8 Å². The number of nitrogens with zero attached hydrogens (tertiary/aromatic N) is 4. The molecule has 0 aliphatic rings. The number of aromatic amines is 1. The van der Waals surface area contributed by atoms with Crippen LogP contribution < -0.4 is 5.32 Å². The quantitative estimate of drug-likeness (QED) is 0.274. The lowest BCUT2D eigenvalue weighted by atomic mass is 10.0. The van der Waals surface area contributed by atoms with Crippen LogP contribution in [0.4, 0.5) is 11.6 Å². The second-order valence-electron chi connectivity index (χ2n) is 6.41. The Bertz CT molecular complexity index is 1240. The lowest BCUT2D eigenvalue weighted by Crippen LogP contribution is -2.15. The highest BCUT2D eigenvalue weighted by Crippen LogP contribution is 2.37. The fourth-order valence-corrected chi connectivity index (χ4v) is 4.04. The summed E-state index contributed by atoms with van der Waals surface area (Å²) in [6, 6.07) is 14.0. The number of nitrogens with one attached hydrogen (secondary N) is 2. The van der Waals surface area contributed by atoms with Crippen LogP contribution in [0.1, 0.15) is 5.56 Å². The minimum Gasteiger partial charge on any atom is -0.294 e. The van der Waals surface area contributed by atoms with Gasteiger partial charge in [0.15, 0.2) is 0 Å². The van der Waals surface area contributed by atoms with Gasteiger partial charge in [-0.1, -0.05) is 30.3 Å². The van der Waals surface area contributed by atoms with Crippen LogP contribution in [0.2, 0.25) is 0 Å². The number of aromatic nitrogens is 4. The summed E-state index contributed by atoms with van der Waals surface area (Å²) in [6.45, 7) is 1.96. The minimum atomic E-state index is -0.435. The molecule has 2 N–H and O–H groups in total. The highest BCUT2D eigenvalue weighted by atomic mass is 32.2. The molecule has 0 radical (unpaired) electrons. The summed E-state index contributed by atoms with van der Waals surface area (Å²) in [5, 5.41) is 21.1. The van der Waals surface area contributed by atoms with Crippen molar-refractivity contribution in [1.82, 2.24) is 20.2 Å². The number of carbonyl (C=O) groups excluding carboxylic acids is 1. The van der Waals surface area contributed by atoms with Crippen molar-refractivity contribution >= 4 is 40.2 Å². The summed E-state index contributed by atoms with van der Waals surface area (Å²) in [5.41, 5.74) is 2.95. The molecule has 150 valence electrons. The van der Waals surface area contributed by atoms with Gasteiger partial charge in [0.1, 0.15) is 6.33 Å². The zero-order valence-electron chi connectivity index (χ0n) is 15.8. The van der Waals surface area contributed by atoms with E-state index in [0.29, 0.717) is 11.3 Å². The molecule has 30 heavy (non-hydrogen) atoms. The van der Waals surface area contributed by atoms with Crippen molar-refractivity contribution in [1.29, 1.82) is 0 Å².